The molecule has 1 aromatic heterocycles. The van der Waals surface area contributed by atoms with E-state index in [1.807, 2.05) is 6.07 Å². The Labute approximate surface area is 118 Å². The summed E-state index contributed by atoms with van der Waals surface area (Å²) in [6.07, 6.45) is 3.00. The van der Waals surface area contributed by atoms with Gasteiger partial charge in [-0.25, -0.2) is 0 Å². The number of H-pyrrole nitrogens is 1. The van der Waals surface area contributed by atoms with Crippen molar-refractivity contribution in [3.63, 3.8) is 0 Å². The number of rotatable bonds is 6. The van der Waals surface area contributed by atoms with Gasteiger partial charge < -0.3 is 20.4 Å². The zero-order chi connectivity index (χ0) is 13.5. The molecule has 102 valence electrons. The minimum atomic E-state index is 0.657. The summed E-state index contributed by atoms with van der Waals surface area (Å²) in [6, 6.07) is 8.32. The summed E-state index contributed by atoms with van der Waals surface area (Å²) in [5, 5.41) is 8.24. The molecule has 19 heavy (non-hydrogen) atoms. The molecule has 0 saturated heterocycles. The van der Waals surface area contributed by atoms with Gasteiger partial charge in [0, 0.05) is 37.3 Å². The molecule has 3 N–H and O–H groups in total. The number of para-hydroxylation sites is 1. The fraction of sp³-hybridized carbons (Fsp3) is 0.357. The van der Waals surface area contributed by atoms with Gasteiger partial charge in [-0.2, -0.15) is 0 Å². The van der Waals surface area contributed by atoms with Crippen molar-refractivity contribution in [2.24, 2.45) is 0 Å². The van der Waals surface area contributed by atoms with Crippen LogP contribution in [0.3, 0.4) is 0 Å². The summed E-state index contributed by atoms with van der Waals surface area (Å²) in [4.78, 5) is 3.28. The first-order valence-corrected chi connectivity index (χ1v) is 6.77. The van der Waals surface area contributed by atoms with Crippen LogP contribution in [0.5, 0.6) is 0 Å². The van der Waals surface area contributed by atoms with E-state index in [4.69, 9.17) is 17.0 Å². The van der Waals surface area contributed by atoms with Gasteiger partial charge in [-0.15, -0.1) is 0 Å². The number of benzene rings is 1. The highest BCUT2D eigenvalue weighted by atomic mass is 32.1. The van der Waals surface area contributed by atoms with Crippen LogP contribution < -0.4 is 10.6 Å². The van der Waals surface area contributed by atoms with Crippen molar-refractivity contribution in [3.05, 3.63) is 36.0 Å². The fourth-order valence-corrected chi connectivity index (χ4v) is 2.18. The van der Waals surface area contributed by atoms with Crippen LogP contribution in [0.4, 0.5) is 0 Å². The lowest BCUT2D eigenvalue weighted by atomic mass is 10.1. The van der Waals surface area contributed by atoms with Crippen LogP contribution in [-0.2, 0) is 11.2 Å². The quantitative estimate of drug-likeness (QED) is 0.557. The second-order valence-corrected chi connectivity index (χ2v) is 4.69. The Balaban J connectivity index is 1.78. The Hall–Kier alpha value is -1.59. The second-order valence-electron chi connectivity index (χ2n) is 4.28. The third-order valence-electron chi connectivity index (χ3n) is 2.95. The van der Waals surface area contributed by atoms with Crippen molar-refractivity contribution in [1.29, 1.82) is 0 Å². The topological polar surface area (TPSA) is 49.1 Å². The number of ether oxygens (including phenoxy) is 1. The van der Waals surface area contributed by atoms with Crippen molar-refractivity contribution in [2.45, 2.75) is 6.42 Å². The average Bonchev–Trinajstić information content (AvgIpc) is 2.83. The molecule has 0 unspecified atom stereocenters. The molecule has 0 amide bonds. The van der Waals surface area contributed by atoms with Gasteiger partial charge in [0.15, 0.2) is 5.11 Å². The normalized spacial score (nSPS) is 10.6. The van der Waals surface area contributed by atoms with Crippen molar-refractivity contribution >= 4 is 28.2 Å². The van der Waals surface area contributed by atoms with Gasteiger partial charge in [0.05, 0.1) is 6.61 Å². The highest BCUT2D eigenvalue weighted by molar-refractivity contribution is 7.80. The Morgan fingerprint density at radius 3 is 2.89 bits per heavy atom. The standard InChI is InChI=1S/C14H19N3OS/c1-18-9-8-16-14(19)15-7-6-11-10-17-13-5-3-2-4-12(11)13/h2-5,10,17H,6-9H2,1H3,(H2,15,16,19). The monoisotopic (exact) mass is 277 g/mol. The molecule has 1 aromatic carbocycles. The van der Waals surface area contributed by atoms with E-state index in [0.717, 1.165) is 19.5 Å². The number of aromatic nitrogens is 1. The van der Waals surface area contributed by atoms with Gasteiger partial charge >= 0.3 is 0 Å². The van der Waals surface area contributed by atoms with Crippen LogP contribution in [0.1, 0.15) is 5.56 Å². The lowest BCUT2D eigenvalue weighted by Crippen LogP contribution is -2.37. The smallest absolute Gasteiger partial charge is 0.166 e. The third-order valence-corrected chi connectivity index (χ3v) is 3.24. The van der Waals surface area contributed by atoms with Crippen molar-refractivity contribution in [3.8, 4) is 0 Å². The van der Waals surface area contributed by atoms with Crippen LogP contribution >= 0.6 is 12.2 Å². The maximum absolute atomic E-state index is 5.17. The van der Waals surface area contributed by atoms with Gasteiger partial charge in [0.1, 0.15) is 0 Å². The predicted octanol–water partition coefficient (Wildman–Crippen LogP) is 1.82. The highest BCUT2D eigenvalue weighted by Crippen LogP contribution is 2.17. The Morgan fingerprint density at radius 2 is 2.05 bits per heavy atom. The minimum absolute atomic E-state index is 0.657. The largest absolute Gasteiger partial charge is 0.383 e. The number of aromatic amines is 1. The molecule has 0 aliphatic heterocycles. The van der Waals surface area contributed by atoms with E-state index in [1.54, 1.807) is 7.11 Å². The van der Waals surface area contributed by atoms with Crippen LogP contribution in [0.2, 0.25) is 0 Å². The summed E-state index contributed by atoms with van der Waals surface area (Å²) >= 11 is 5.17. The lowest BCUT2D eigenvalue weighted by molar-refractivity contribution is 0.204. The van der Waals surface area contributed by atoms with Gasteiger partial charge in [-0.1, -0.05) is 18.2 Å². The summed E-state index contributed by atoms with van der Waals surface area (Å²) in [5.74, 6) is 0. The van der Waals surface area contributed by atoms with Crippen LogP contribution in [0.15, 0.2) is 30.5 Å². The van der Waals surface area contributed by atoms with Gasteiger partial charge in [0.2, 0.25) is 0 Å². The van der Waals surface area contributed by atoms with Crippen LogP contribution in [-0.4, -0.2) is 36.9 Å². The molecule has 0 aliphatic carbocycles. The molecule has 4 nitrogen and oxygen atoms in total. The molecule has 2 aromatic rings. The summed E-state index contributed by atoms with van der Waals surface area (Å²) in [5.41, 5.74) is 2.49. The number of nitrogens with one attached hydrogen (secondary N) is 3. The molecule has 0 radical (unpaired) electrons. The van der Waals surface area contributed by atoms with E-state index in [-0.39, 0.29) is 0 Å². The highest BCUT2D eigenvalue weighted by Gasteiger charge is 2.02. The molecule has 0 spiro atoms. The van der Waals surface area contributed by atoms with E-state index >= 15 is 0 Å². The SMILES string of the molecule is COCCNC(=S)NCCc1c[nH]c2ccccc12. The van der Waals surface area contributed by atoms with E-state index in [9.17, 15) is 0 Å². The molecule has 0 fully saturated rings. The molecule has 5 heteroatoms. The minimum Gasteiger partial charge on any atom is -0.383 e. The summed E-state index contributed by atoms with van der Waals surface area (Å²) in [7, 11) is 1.68. The summed E-state index contributed by atoms with van der Waals surface area (Å²) in [6.45, 7) is 2.21. The van der Waals surface area contributed by atoms with Gasteiger partial charge in [0.25, 0.3) is 0 Å². The van der Waals surface area contributed by atoms with Crippen molar-refractivity contribution in [2.75, 3.05) is 26.8 Å². The number of hydrogen-bond donors (Lipinski definition) is 3. The molecule has 0 aliphatic rings. The molecular weight excluding hydrogens is 258 g/mol. The molecule has 0 atom stereocenters. The maximum Gasteiger partial charge on any atom is 0.166 e. The molecule has 0 bridgehead atoms. The maximum atomic E-state index is 5.17. The zero-order valence-electron chi connectivity index (χ0n) is 11.0. The fourth-order valence-electron chi connectivity index (χ4n) is 1.98. The Kier molecular flexibility index (Phi) is 5.18. The average molecular weight is 277 g/mol. The predicted molar refractivity (Wildman–Crippen MR) is 82.5 cm³/mol. The lowest BCUT2D eigenvalue weighted by Gasteiger charge is -2.09. The number of hydrogen-bond acceptors (Lipinski definition) is 2. The Bertz CT molecular complexity index is 538. The van der Waals surface area contributed by atoms with Gasteiger partial charge in [-0.3, -0.25) is 0 Å². The van der Waals surface area contributed by atoms with E-state index in [0.29, 0.717) is 11.7 Å². The first kappa shape index (κ1) is 13.8. The first-order chi connectivity index (χ1) is 9.31. The second kappa shape index (κ2) is 7.11. The molecular formula is C14H19N3OS. The zero-order valence-corrected chi connectivity index (χ0v) is 11.8. The van der Waals surface area contributed by atoms with Crippen LogP contribution in [0, 0.1) is 0 Å². The van der Waals surface area contributed by atoms with E-state index in [2.05, 4.69) is 40.0 Å². The molecule has 2 rings (SSSR count). The molecule has 0 saturated carbocycles. The van der Waals surface area contributed by atoms with Crippen molar-refractivity contribution in [1.82, 2.24) is 15.6 Å². The van der Waals surface area contributed by atoms with Crippen LogP contribution in [0.25, 0.3) is 10.9 Å². The van der Waals surface area contributed by atoms with Gasteiger partial charge in [-0.05, 0) is 30.3 Å². The summed E-state index contributed by atoms with van der Waals surface area (Å²) < 4.78 is 4.95. The van der Waals surface area contributed by atoms with Crippen molar-refractivity contribution < 1.29 is 4.74 Å². The molecule has 1 heterocycles. The number of thiocarbonyl (C=S) groups is 1. The van der Waals surface area contributed by atoms with E-state index < -0.39 is 0 Å². The Morgan fingerprint density at radius 1 is 1.26 bits per heavy atom. The number of fused-ring (bicyclic) bond motifs is 1. The first-order valence-electron chi connectivity index (χ1n) is 6.37. The van der Waals surface area contributed by atoms with E-state index in [1.165, 1.54) is 16.5 Å². The number of methoxy groups -OCH3 is 1. The third kappa shape index (κ3) is 3.94.